The number of halogens is 1. The van der Waals surface area contributed by atoms with E-state index in [-0.39, 0.29) is 0 Å². The van der Waals surface area contributed by atoms with Crippen LogP contribution in [-0.4, -0.2) is 4.98 Å². The number of ether oxygens (including phenoxy) is 1. The first-order chi connectivity index (χ1) is 7.75. The summed E-state index contributed by atoms with van der Waals surface area (Å²) in [5.74, 6) is 0.928. The lowest BCUT2D eigenvalue weighted by atomic mass is 10.2. The van der Waals surface area contributed by atoms with Gasteiger partial charge in [-0.05, 0) is 5.56 Å². The van der Waals surface area contributed by atoms with Crippen LogP contribution in [0, 0.1) is 0 Å². The van der Waals surface area contributed by atoms with Gasteiger partial charge in [-0.3, -0.25) is 0 Å². The monoisotopic (exact) mass is 234 g/mol. The maximum absolute atomic E-state index is 5.95. The molecule has 0 unspecified atom stereocenters. The summed E-state index contributed by atoms with van der Waals surface area (Å²) in [5, 5.41) is 0.475. The van der Waals surface area contributed by atoms with E-state index in [9.17, 15) is 0 Å². The highest BCUT2D eigenvalue weighted by Gasteiger charge is 2.02. The van der Waals surface area contributed by atoms with Crippen LogP contribution in [0.1, 0.15) is 5.56 Å². The lowest BCUT2D eigenvalue weighted by molar-refractivity contribution is 0.305. The van der Waals surface area contributed by atoms with E-state index in [2.05, 4.69) is 4.98 Å². The Labute approximate surface area is 98.8 Å². The Balaban J connectivity index is 2.05. The minimum absolute atomic E-state index is 0.386. The molecule has 2 aromatic rings. The van der Waals surface area contributed by atoms with Crippen molar-refractivity contribution in [2.75, 3.05) is 5.73 Å². The van der Waals surface area contributed by atoms with Crippen LogP contribution in [-0.2, 0) is 6.61 Å². The molecule has 3 nitrogen and oxygen atoms in total. The molecule has 2 N–H and O–H groups in total. The topological polar surface area (TPSA) is 48.1 Å². The third-order valence-corrected chi connectivity index (χ3v) is 2.37. The summed E-state index contributed by atoms with van der Waals surface area (Å²) in [5.41, 5.74) is 6.56. The number of rotatable bonds is 3. The summed E-state index contributed by atoms with van der Waals surface area (Å²) >= 11 is 5.95. The molecule has 0 bridgehead atoms. The molecule has 1 heterocycles. The minimum Gasteiger partial charge on any atom is -0.486 e. The summed E-state index contributed by atoms with van der Waals surface area (Å²) < 4.78 is 5.53. The Bertz CT molecular complexity index is 474. The van der Waals surface area contributed by atoms with Crippen molar-refractivity contribution in [3.63, 3.8) is 0 Å². The molecule has 0 saturated heterocycles. The smallest absolute Gasteiger partial charge is 0.156 e. The molecule has 16 heavy (non-hydrogen) atoms. The van der Waals surface area contributed by atoms with Gasteiger partial charge in [-0.25, -0.2) is 4.98 Å². The van der Waals surface area contributed by atoms with Crippen molar-refractivity contribution in [2.45, 2.75) is 6.61 Å². The summed E-state index contributed by atoms with van der Waals surface area (Å²) in [6, 6.07) is 11.4. The summed E-state index contributed by atoms with van der Waals surface area (Å²) in [6.07, 6.45) is 1.53. The van der Waals surface area contributed by atoms with Crippen LogP contribution in [0.25, 0.3) is 0 Å². The molecule has 0 radical (unpaired) electrons. The quantitative estimate of drug-likeness (QED) is 0.888. The lowest BCUT2D eigenvalue weighted by Crippen LogP contribution is -1.97. The van der Waals surface area contributed by atoms with E-state index in [1.807, 2.05) is 30.3 Å². The van der Waals surface area contributed by atoms with E-state index in [4.69, 9.17) is 22.1 Å². The van der Waals surface area contributed by atoms with Crippen LogP contribution < -0.4 is 10.5 Å². The van der Waals surface area contributed by atoms with Crippen LogP contribution in [0.3, 0.4) is 0 Å². The Morgan fingerprint density at radius 2 is 2.00 bits per heavy atom. The number of hydrogen-bond donors (Lipinski definition) is 1. The van der Waals surface area contributed by atoms with Crippen molar-refractivity contribution >= 4 is 17.4 Å². The van der Waals surface area contributed by atoms with Gasteiger partial charge in [0.05, 0.1) is 11.2 Å². The standard InChI is InChI=1S/C12H11ClN2O/c13-10-6-12(14)15-7-11(10)16-8-9-4-2-1-3-5-9/h1-7H,8H2,(H2,14,15). The Kier molecular flexibility index (Phi) is 3.27. The van der Waals surface area contributed by atoms with Gasteiger partial charge in [0.15, 0.2) is 5.75 Å². The predicted octanol–water partition coefficient (Wildman–Crippen LogP) is 2.90. The molecular weight excluding hydrogens is 224 g/mol. The maximum atomic E-state index is 5.95. The van der Waals surface area contributed by atoms with Crippen LogP contribution in [0.4, 0.5) is 5.82 Å². The fourth-order valence-corrected chi connectivity index (χ4v) is 1.49. The van der Waals surface area contributed by atoms with Gasteiger partial charge in [0.2, 0.25) is 0 Å². The van der Waals surface area contributed by atoms with Gasteiger partial charge in [0.25, 0.3) is 0 Å². The van der Waals surface area contributed by atoms with E-state index in [0.717, 1.165) is 5.56 Å². The van der Waals surface area contributed by atoms with Crippen LogP contribution in [0.5, 0.6) is 5.75 Å². The lowest BCUT2D eigenvalue weighted by Gasteiger charge is -2.07. The zero-order chi connectivity index (χ0) is 11.4. The van der Waals surface area contributed by atoms with Gasteiger partial charge in [0, 0.05) is 6.07 Å². The number of aromatic nitrogens is 1. The summed E-state index contributed by atoms with van der Waals surface area (Å²) in [4.78, 5) is 3.92. The molecule has 1 aromatic carbocycles. The predicted molar refractivity (Wildman–Crippen MR) is 64.4 cm³/mol. The molecule has 4 heteroatoms. The highest BCUT2D eigenvalue weighted by atomic mass is 35.5. The Morgan fingerprint density at radius 3 is 2.69 bits per heavy atom. The van der Waals surface area contributed by atoms with Crippen molar-refractivity contribution in [1.82, 2.24) is 4.98 Å². The largest absolute Gasteiger partial charge is 0.486 e. The zero-order valence-corrected chi connectivity index (χ0v) is 9.32. The SMILES string of the molecule is Nc1cc(Cl)c(OCc2ccccc2)cn1. The molecule has 0 aliphatic heterocycles. The number of anilines is 1. The number of nitrogens with zero attached hydrogens (tertiary/aromatic N) is 1. The molecule has 2 rings (SSSR count). The Hall–Kier alpha value is -1.74. The fraction of sp³-hybridized carbons (Fsp3) is 0.0833. The molecule has 1 aromatic heterocycles. The van der Waals surface area contributed by atoms with Crippen LogP contribution in [0.2, 0.25) is 5.02 Å². The van der Waals surface area contributed by atoms with Gasteiger partial charge in [-0.2, -0.15) is 0 Å². The third-order valence-electron chi connectivity index (χ3n) is 2.08. The number of nitrogen functional groups attached to an aromatic ring is 1. The first-order valence-electron chi connectivity index (χ1n) is 4.83. The molecule has 0 aliphatic rings. The van der Waals surface area contributed by atoms with E-state index in [1.54, 1.807) is 6.07 Å². The van der Waals surface area contributed by atoms with Crippen molar-refractivity contribution in [3.8, 4) is 5.75 Å². The molecule has 0 spiro atoms. The van der Waals surface area contributed by atoms with Gasteiger partial charge in [-0.1, -0.05) is 41.9 Å². The first-order valence-corrected chi connectivity index (χ1v) is 5.21. The maximum Gasteiger partial charge on any atom is 0.156 e. The molecule has 0 saturated carbocycles. The van der Waals surface area contributed by atoms with Gasteiger partial charge >= 0.3 is 0 Å². The molecule has 82 valence electrons. The number of pyridine rings is 1. The van der Waals surface area contributed by atoms with Gasteiger partial charge < -0.3 is 10.5 Å². The molecule has 0 fully saturated rings. The van der Waals surface area contributed by atoms with E-state index >= 15 is 0 Å². The van der Waals surface area contributed by atoms with Crippen molar-refractivity contribution in [3.05, 3.63) is 53.2 Å². The first kappa shape index (κ1) is 10.8. The van der Waals surface area contributed by atoms with Crippen LogP contribution >= 0.6 is 11.6 Å². The second-order valence-electron chi connectivity index (χ2n) is 3.31. The van der Waals surface area contributed by atoms with E-state index < -0.39 is 0 Å². The van der Waals surface area contributed by atoms with E-state index in [1.165, 1.54) is 6.20 Å². The highest BCUT2D eigenvalue weighted by Crippen LogP contribution is 2.25. The van der Waals surface area contributed by atoms with Crippen molar-refractivity contribution in [2.24, 2.45) is 0 Å². The molecular formula is C12H11ClN2O. The summed E-state index contributed by atoms with van der Waals surface area (Å²) in [6.45, 7) is 0.464. The third kappa shape index (κ3) is 2.64. The second-order valence-corrected chi connectivity index (χ2v) is 3.72. The molecule has 0 atom stereocenters. The normalized spacial score (nSPS) is 10.1. The Morgan fingerprint density at radius 1 is 1.25 bits per heavy atom. The highest BCUT2D eigenvalue weighted by molar-refractivity contribution is 6.32. The molecule has 0 aliphatic carbocycles. The van der Waals surface area contributed by atoms with Gasteiger partial charge in [-0.15, -0.1) is 0 Å². The second kappa shape index (κ2) is 4.86. The number of hydrogen-bond acceptors (Lipinski definition) is 3. The summed E-state index contributed by atoms with van der Waals surface area (Å²) in [7, 11) is 0. The zero-order valence-electron chi connectivity index (χ0n) is 8.56. The minimum atomic E-state index is 0.386. The average Bonchev–Trinajstić information content (AvgIpc) is 2.29. The van der Waals surface area contributed by atoms with Crippen LogP contribution in [0.15, 0.2) is 42.6 Å². The average molecular weight is 235 g/mol. The number of benzene rings is 1. The van der Waals surface area contributed by atoms with Crippen molar-refractivity contribution in [1.29, 1.82) is 0 Å². The van der Waals surface area contributed by atoms with Gasteiger partial charge in [0.1, 0.15) is 12.4 Å². The van der Waals surface area contributed by atoms with Crippen molar-refractivity contribution < 1.29 is 4.74 Å². The van der Waals surface area contributed by atoms with E-state index in [0.29, 0.717) is 23.2 Å². The number of nitrogens with two attached hydrogens (primary N) is 1. The fourth-order valence-electron chi connectivity index (χ4n) is 1.27. The molecule has 0 amide bonds.